The molecule has 8 atom stereocenters. The van der Waals surface area contributed by atoms with Crippen LogP contribution < -0.4 is 4.74 Å². The highest BCUT2D eigenvalue weighted by Crippen LogP contribution is 2.60. The van der Waals surface area contributed by atoms with Crippen LogP contribution in [0.3, 0.4) is 0 Å². The molecule has 1 saturated carbocycles. The van der Waals surface area contributed by atoms with Gasteiger partial charge in [0, 0.05) is 29.9 Å². The largest absolute Gasteiger partial charge is 0.490 e. The van der Waals surface area contributed by atoms with Gasteiger partial charge >= 0.3 is 11.7 Å². The number of rotatable bonds is 7. The molecule has 7 rings (SSSR count). The fourth-order valence-electron chi connectivity index (χ4n) is 7.16. The van der Waals surface area contributed by atoms with E-state index in [2.05, 4.69) is 6.92 Å². The summed E-state index contributed by atoms with van der Waals surface area (Å²) in [4.78, 5) is 48.5. The Morgan fingerprint density at radius 1 is 1.02 bits per heavy atom. The Morgan fingerprint density at radius 2 is 1.77 bits per heavy atom. The number of ether oxygens (including phenoxy) is 4. The number of fused-ring (bicyclic) bond motifs is 2. The second-order valence-corrected chi connectivity index (χ2v) is 12.1. The van der Waals surface area contributed by atoms with Crippen LogP contribution in [0.4, 0.5) is 5.69 Å². The summed E-state index contributed by atoms with van der Waals surface area (Å²) >= 11 is 0. The second kappa shape index (κ2) is 11.1. The monoisotopic (exact) mass is 593 g/mol. The van der Waals surface area contributed by atoms with Crippen molar-refractivity contribution in [3.8, 4) is 5.75 Å². The summed E-state index contributed by atoms with van der Waals surface area (Å²) in [6, 6.07) is 10.6. The molecule has 4 aliphatic heterocycles. The van der Waals surface area contributed by atoms with Gasteiger partial charge in [-0.15, -0.1) is 0 Å². The molecule has 4 saturated heterocycles. The number of carbonyl (C=O) groups is 2. The van der Waals surface area contributed by atoms with Gasteiger partial charge in [0.15, 0.2) is 23.4 Å². The van der Waals surface area contributed by atoms with E-state index < -0.39 is 40.6 Å². The Kier molecular flexibility index (Phi) is 7.62. The maximum Gasteiger partial charge on any atom is 0.340 e. The first kappa shape index (κ1) is 29.4. The molecular weight excluding hydrogens is 558 g/mol. The van der Waals surface area contributed by atoms with Crippen molar-refractivity contribution in [1.29, 1.82) is 0 Å². The third kappa shape index (κ3) is 5.14. The minimum absolute atomic E-state index is 0.0325. The lowest BCUT2D eigenvalue weighted by Gasteiger charge is -2.59. The van der Waals surface area contributed by atoms with Gasteiger partial charge in [-0.25, -0.2) is 14.6 Å². The van der Waals surface area contributed by atoms with Crippen LogP contribution >= 0.6 is 0 Å². The number of benzene rings is 2. The molecule has 0 N–H and O–H groups in total. The number of carbonyl (C=O) groups excluding carboxylic acids is 2. The van der Waals surface area contributed by atoms with Gasteiger partial charge in [0.2, 0.25) is 12.1 Å². The minimum Gasteiger partial charge on any atom is -0.490 e. The van der Waals surface area contributed by atoms with Crippen LogP contribution in [0, 0.1) is 33.8 Å². The molecule has 0 radical (unpaired) electrons. The summed E-state index contributed by atoms with van der Waals surface area (Å²) in [6.45, 7) is 6.11. The van der Waals surface area contributed by atoms with Crippen molar-refractivity contribution in [3.63, 3.8) is 0 Å². The highest BCUT2D eigenvalue weighted by atomic mass is 17.3. The average molecular weight is 594 g/mol. The van der Waals surface area contributed by atoms with Gasteiger partial charge < -0.3 is 18.9 Å². The number of esters is 1. The molecule has 1 aliphatic carbocycles. The van der Waals surface area contributed by atoms with Gasteiger partial charge in [0.05, 0.1) is 17.6 Å². The van der Waals surface area contributed by atoms with Crippen LogP contribution in [0.1, 0.15) is 72.7 Å². The predicted octanol–water partition coefficient (Wildman–Crippen LogP) is 5.86. The normalized spacial score (nSPS) is 34.7. The quantitative estimate of drug-likeness (QED) is 0.0959. The molecule has 2 aromatic rings. The summed E-state index contributed by atoms with van der Waals surface area (Å²) < 4.78 is 23.6. The molecule has 0 aromatic heterocycles. The molecule has 2 bridgehead atoms. The maximum atomic E-state index is 13.2. The first-order valence-electron chi connectivity index (χ1n) is 14.6. The fourth-order valence-corrected chi connectivity index (χ4v) is 7.16. The Morgan fingerprint density at radius 3 is 2.49 bits per heavy atom. The molecule has 1 spiro atoms. The first-order valence-corrected chi connectivity index (χ1v) is 14.6. The molecule has 11 heteroatoms. The maximum absolute atomic E-state index is 13.2. The van der Waals surface area contributed by atoms with Crippen molar-refractivity contribution in [3.05, 3.63) is 75.3 Å². The number of nitro benzene ring substituents is 1. The van der Waals surface area contributed by atoms with E-state index in [0.717, 1.165) is 19.3 Å². The Labute approximate surface area is 249 Å². The standard InChI is InChI=1S/C32H35NO10/c1-18-5-12-24-19(2)29(40-30-32(24)23(18)15-16-31(3,41-30)42-43-32)39-28(35)21-9-6-20(7-10-21)8-13-26(34)22-11-14-27(38-4)25(17-22)33(36)37/h6-11,13-14,17-19,23-24,29-30H,5,12,15-16H2,1-4H3/b13-8+/t18-,19-,23?,24?,29?,30-,31?,32-/m1/s1. The van der Waals surface area contributed by atoms with E-state index in [4.69, 9.17) is 28.7 Å². The molecule has 0 amide bonds. The molecule has 11 nitrogen and oxygen atoms in total. The number of methoxy groups -OCH3 is 1. The van der Waals surface area contributed by atoms with Crippen LogP contribution in [0.15, 0.2) is 48.5 Å². The van der Waals surface area contributed by atoms with Gasteiger partial charge in [0.1, 0.15) is 0 Å². The van der Waals surface area contributed by atoms with Gasteiger partial charge in [-0.3, -0.25) is 14.9 Å². The smallest absolute Gasteiger partial charge is 0.340 e. The third-order valence-electron chi connectivity index (χ3n) is 9.55. The van der Waals surface area contributed by atoms with E-state index in [1.807, 2.05) is 13.8 Å². The number of nitro groups is 1. The molecule has 228 valence electrons. The van der Waals surface area contributed by atoms with E-state index in [1.165, 1.54) is 31.4 Å². The number of nitrogens with zero attached hydrogens (tertiary/aromatic N) is 1. The summed E-state index contributed by atoms with van der Waals surface area (Å²) in [5.74, 6) is -1.26. The lowest BCUT2D eigenvalue weighted by atomic mass is 9.58. The van der Waals surface area contributed by atoms with Gasteiger partial charge in [0.25, 0.3) is 0 Å². The average Bonchev–Trinajstić information content (AvgIpc) is 3.24. The van der Waals surface area contributed by atoms with E-state index in [0.29, 0.717) is 23.5 Å². The van der Waals surface area contributed by atoms with E-state index in [9.17, 15) is 19.7 Å². The van der Waals surface area contributed by atoms with Crippen molar-refractivity contribution < 1.29 is 43.2 Å². The van der Waals surface area contributed by atoms with Crippen molar-refractivity contribution in [2.75, 3.05) is 7.11 Å². The topological polar surface area (TPSA) is 133 Å². The molecular formula is C32H35NO10. The summed E-state index contributed by atoms with van der Waals surface area (Å²) in [5.41, 5.74) is 0.117. The zero-order valence-electron chi connectivity index (χ0n) is 24.5. The van der Waals surface area contributed by atoms with E-state index in [-0.39, 0.29) is 34.8 Å². The van der Waals surface area contributed by atoms with E-state index >= 15 is 0 Å². The van der Waals surface area contributed by atoms with Crippen LogP contribution in [0.2, 0.25) is 0 Å². The van der Waals surface area contributed by atoms with Crippen molar-refractivity contribution in [2.45, 2.75) is 70.4 Å². The van der Waals surface area contributed by atoms with Crippen LogP contribution in [-0.2, 0) is 24.0 Å². The van der Waals surface area contributed by atoms with Gasteiger partial charge in [-0.05, 0) is 73.9 Å². The molecule has 43 heavy (non-hydrogen) atoms. The zero-order valence-corrected chi connectivity index (χ0v) is 24.5. The molecule has 2 aromatic carbocycles. The molecule has 4 heterocycles. The summed E-state index contributed by atoms with van der Waals surface area (Å²) in [6.07, 6.45) is 4.90. The summed E-state index contributed by atoms with van der Waals surface area (Å²) in [5, 5.41) is 11.3. The second-order valence-electron chi connectivity index (χ2n) is 12.1. The number of hydrogen-bond acceptors (Lipinski definition) is 10. The Hall–Kier alpha value is -3.64. The highest BCUT2D eigenvalue weighted by molar-refractivity contribution is 6.07. The SMILES string of the molecule is COc1ccc(C(=O)/C=C/c2ccc(C(=O)OC3O[C@@H]4OC5(C)CCC6[C@H](C)CCC([C@H]3C)[C@]64OO5)cc2)cc1[N+](=O)[O-]. The Bertz CT molecular complexity index is 1460. The van der Waals surface area contributed by atoms with Crippen LogP contribution in [0.5, 0.6) is 5.75 Å². The number of hydrogen-bond donors (Lipinski definition) is 0. The third-order valence-corrected chi connectivity index (χ3v) is 9.55. The molecule has 4 unspecified atom stereocenters. The lowest BCUT2D eigenvalue weighted by Crippen LogP contribution is -2.70. The zero-order chi connectivity index (χ0) is 30.5. The lowest BCUT2D eigenvalue weighted by molar-refractivity contribution is -0.576. The van der Waals surface area contributed by atoms with Gasteiger partial charge in [-0.1, -0.05) is 32.1 Å². The molecule has 5 aliphatic rings. The van der Waals surface area contributed by atoms with Crippen LogP contribution in [-0.4, -0.2) is 47.8 Å². The van der Waals surface area contributed by atoms with Crippen LogP contribution in [0.25, 0.3) is 6.08 Å². The molecule has 5 fully saturated rings. The summed E-state index contributed by atoms with van der Waals surface area (Å²) in [7, 11) is 1.33. The highest BCUT2D eigenvalue weighted by Gasteiger charge is 2.69. The van der Waals surface area contributed by atoms with Gasteiger partial charge in [-0.2, -0.15) is 0 Å². The van der Waals surface area contributed by atoms with Crippen molar-refractivity contribution >= 4 is 23.5 Å². The predicted molar refractivity (Wildman–Crippen MR) is 152 cm³/mol. The van der Waals surface area contributed by atoms with Crippen molar-refractivity contribution in [1.82, 2.24) is 0 Å². The Balaban J connectivity index is 1.13. The van der Waals surface area contributed by atoms with Crippen molar-refractivity contribution in [2.24, 2.45) is 23.7 Å². The first-order chi connectivity index (χ1) is 20.5. The van der Waals surface area contributed by atoms with E-state index in [1.54, 1.807) is 30.3 Å². The minimum atomic E-state index is -0.917. The number of allylic oxidation sites excluding steroid dienone is 1. The number of ketones is 1. The fraction of sp³-hybridized carbons (Fsp3) is 0.500.